The zero-order valence-corrected chi connectivity index (χ0v) is 11.1. The van der Waals surface area contributed by atoms with Crippen molar-refractivity contribution in [3.8, 4) is 0 Å². The van der Waals surface area contributed by atoms with E-state index in [1.165, 1.54) is 13.0 Å². The quantitative estimate of drug-likeness (QED) is 0.682. The lowest BCUT2D eigenvalue weighted by Gasteiger charge is -2.06. The van der Waals surface area contributed by atoms with Crippen LogP contribution in [-0.4, -0.2) is 12.0 Å². The van der Waals surface area contributed by atoms with E-state index < -0.39 is 0 Å². The second-order valence-corrected chi connectivity index (χ2v) is 4.43. The molecule has 0 radical (unpaired) electrons. The maximum atomic E-state index is 11.0. The van der Waals surface area contributed by atoms with Crippen LogP contribution in [0.5, 0.6) is 0 Å². The van der Waals surface area contributed by atoms with Gasteiger partial charge in [0.1, 0.15) is 0 Å². The minimum atomic E-state index is -0.0931. The van der Waals surface area contributed by atoms with Crippen LogP contribution in [0.25, 0.3) is 0 Å². The summed E-state index contributed by atoms with van der Waals surface area (Å²) in [5.74, 6) is -0.0931. The molecular weight excluding hydrogens is 252 g/mol. The number of amides is 1. The van der Waals surface area contributed by atoms with Gasteiger partial charge in [-0.15, -0.1) is 0 Å². The van der Waals surface area contributed by atoms with Gasteiger partial charge in [-0.1, -0.05) is 24.3 Å². The van der Waals surface area contributed by atoms with E-state index in [0.29, 0.717) is 12.1 Å². The summed E-state index contributed by atoms with van der Waals surface area (Å²) in [4.78, 5) is 24.9. The van der Waals surface area contributed by atoms with Crippen molar-refractivity contribution in [1.29, 1.82) is 0 Å². The predicted octanol–water partition coefficient (Wildman–Crippen LogP) is 3.20. The minimum Gasteiger partial charge on any atom is -0.326 e. The van der Waals surface area contributed by atoms with Gasteiger partial charge in [0, 0.05) is 12.6 Å². The third-order valence-corrected chi connectivity index (χ3v) is 2.74. The highest BCUT2D eigenvalue weighted by molar-refractivity contribution is 5.88. The second kappa shape index (κ2) is 6.45. The third-order valence-electron chi connectivity index (χ3n) is 2.74. The van der Waals surface area contributed by atoms with Crippen molar-refractivity contribution in [2.24, 2.45) is 4.99 Å². The molecule has 1 amide bonds. The number of hydrogen-bond donors (Lipinski definition) is 1. The molecule has 4 heteroatoms. The molecule has 0 aliphatic heterocycles. The Balaban J connectivity index is 2.19. The number of carbonyl (C=O) groups is 1. The zero-order valence-electron chi connectivity index (χ0n) is 11.1. The Morgan fingerprint density at radius 3 is 2.55 bits per heavy atom. The summed E-state index contributed by atoms with van der Waals surface area (Å²) >= 11 is 0. The Morgan fingerprint density at radius 1 is 1.15 bits per heavy atom. The highest BCUT2D eigenvalue weighted by Crippen LogP contribution is 2.18. The Hall–Kier alpha value is -2.71. The smallest absolute Gasteiger partial charge is 0.240 e. The predicted molar refractivity (Wildman–Crippen MR) is 77.8 cm³/mol. The topological polar surface area (TPSA) is 58.5 Å². The maximum Gasteiger partial charge on any atom is 0.240 e. The molecule has 0 atom stereocenters. The molecule has 0 unspecified atom stereocenters. The molecule has 4 nitrogen and oxygen atoms in total. The molecule has 0 fully saturated rings. The number of rotatable bonds is 4. The first-order valence-electron chi connectivity index (χ1n) is 6.21. The van der Waals surface area contributed by atoms with Gasteiger partial charge in [0.15, 0.2) is 0 Å². The number of aliphatic imine (C=N–C) groups is 1. The molecule has 0 spiro atoms. The van der Waals surface area contributed by atoms with E-state index in [0.717, 1.165) is 16.8 Å². The normalized spacial score (nSPS) is 9.65. The number of carbonyl (C=O) groups excluding carboxylic acids is 2. The Bertz CT molecular complexity index is 674. The number of isocyanates is 1. The van der Waals surface area contributed by atoms with Crippen LogP contribution in [0.3, 0.4) is 0 Å². The Labute approximate surface area is 117 Å². The highest BCUT2D eigenvalue weighted by atomic mass is 16.1. The van der Waals surface area contributed by atoms with Gasteiger partial charge in [0.25, 0.3) is 0 Å². The van der Waals surface area contributed by atoms with Gasteiger partial charge < -0.3 is 5.32 Å². The number of hydrogen-bond acceptors (Lipinski definition) is 3. The van der Waals surface area contributed by atoms with Gasteiger partial charge in [-0.25, -0.2) is 4.79 Å². The van der Waals surface area contributed by atoms with E-state index >= 15 is 0 Å². The molecule has 0 heterocycles. The first-order chi connectivity index (χ1) is 9.67. The van der Waals surface area contributed by atoms with Crippen LogP contribution in [0.4, 0.5) is 11.4 Å². The molecule has 0 aliphatic carbocycles. The molecule has 0 bridgehead atoms. The lowest BCUT2D eigenvalue weighted by molar-refractivity contribution is -0.114. The van der Waals surface area contributed by atoms with Crippen LogP contribution in [0.15, 0.2) is 53.5 Å². The molecule has 0 aromatic heterocycles. The van der Waals surface area contributed by atoms with Gasteiger partial charge in [0.2, 0.25) is 12.0 Å². The molecular formula is C16H14N2O2. The Morgan fingerprint density at radius 2 is 1.85 bits per heavy atom. The average Bonchev–Trinajstić information content (AvgIpc) is 2.39. The second-order valence-electron chi connectivity index (χ2n) is 4.43. The summed E-state index contributed by atoms with van der Waals surface area (Å²) in [6, 6.07) is 15.1. The molecule has 2 aromatic carbocycles. The van der Waals surface area contributed by atoms with Crippen LogP contribution in [0, 0.1) is 0 Å². The van der Waals surface area contributed by atoms with E-state index in [9.17, 15) is 9.59 Å². The summed E-state index contributed by atoms with van der Waals surface area (Å²) in [5, 5.41) is 2.75. The van der Waals surface area contributed by atoms with Crippen molar-refractivity contribution in [3.05, 3.63) is 59.7 Å². The first-order valence-corrected chi connectivity index (χ1v) is 6.21. The summed E-state index contributed by atoms with van der Waals surface area (Å²) in [6.45, 7) is 1.48. The summed E-state index contributed by atoms with van der Waals surface area (Å²) in [6.07, 6.45) is 2.24. The van der Waals surface area contributed by atoms with Crippen molar-refractivity contribution in [2.45, 2.75) is 13.3 Å². The molecule has 0 saturated heterocycles. The average molecular weight is 266 g/mol. The SMILES string of the molecule is CC(=O)Nc1cccc(Cc2cccc(N=C=O)c2)c1. The number of nitrogens with zero attached hydrogens (tertiary/aromatic N) is 1. The molecule has 1 N–H and O–H groups in total. The number of benzene rings is 2. The molecule has 0 saturated carbocycles. The fourth-order valence-electron chi connectivity index (χ4n) is 1.99. The maximum absolute atomic E-state index is 11.0. The highest BCUT2D eigenvalue weighted by Gasteiger charge is 2.01. The standard InChI is InChI=1S/C16H14N2O2/c1-12(20)18-16-7-3-5-14(10-16)8-13-4-2-6-15(9-13)17-11-19/h2-7,9-10H,8H2,1H3,(H,18,20). The van der Waals surface area contributed by atoms with E-state index in [4.69, 9.17) is 0 Å². The molecule has 20 heavy (non-hydrogen) atoms. The minimum absolute atomic E-state index is 0.0931. The van der Waals surface area contributed by atoms with Gasteiger partial charge in [-0.3, -0.25) is 4.79 Å². The van der Waals surface area contributed by atoms with Gasteiger partial charge in [-0.2, -0.15) is 4.99 Å². The zero-order chi connectivity index (χ0) is 14.4. The summed E-state index contributed by atoms with van der Waals surface area (Å²) < 4.78 is 0. The van der Waals surface area contributed by atoms with Gasteiger partial charge in [-0.05, 0) is 41.8 Å². The van der Waals surface area contributed by atoms with Crippen LogP contribution in [-0.2, 0) is 16.0 Å². The van der Waals surface area contributed by atoms with Crippen molar-refractivity contribution in [3.63, 3.8) is 0 Å². The Kier molecular flexibility index (Phi) is 4.43. The number of anilines is 1. The van der Waals surface area contributed by atoms with Crippen LogP contribution in [0.2, 0.25) is 0 Å². The van der Waals surface area contributed by atoms with E-state index in [1.807, 2.05) is 42.5 Å². The monoisotopic (exact) mass is 266 g/mol. The number of nitrogens with one attached hydrogen (secondary N) is 1. The lowest BCUT2D eigenvalue weighted by Crippen LogP contribution is -2.05. The molecule has 2 rings (SSSR count). The summed E-state index contributed by atoms with van der Waals surface area (Å²) in [7, 11) is 0. The van der Waals surface area contributed by atoms with Crippen LogP contribution >= 0.6 is 0 Å². The van der Waals surface area contributed by atoms with Crippen molar-refractivity contribution in [1.82, 2.24) is 0 Å². The van der Waals surface area contributed by atoms with E-state index in [-0.39, 0.29) is 5.91 Å². The first kappa shape index (κ1) is 13.7. The third kappa shape index (κ3) is 3.90. The van der Waals surface area contributed by atoms with Gasteiger partial charge in [0.05, 0.1) is 5.69 Å². The summed E-state index contributed by atoms with van der Waals surface area (Å²) in [5.41, 5.74) is 3.48. The molecule has 100 valence electrons. The fourth-order valence-corrected chi connectivity index (χ4v) is 1.99. The van der Waals surface area contributed by atoms with Crippen molar-refractivity contribution < 1.29 is 9.59 Å². The van der Waals surface area contributed by atoms with Crippen molar-refractivity contribution in [2.75, 3.05) is 5.32 Å². The van der Waals surface area contributed by atoms with Crippen LogP contribution in [0.1, 0.15) is 18.1 Å². The van der Waals surface area contributed by atoms with E-state index in [1.54, 1.807) is 6.07 Å². The lowest BCUT2D eigenvalue weighted by atomic mass is 10.0. The van der Waals surface area contributed by atoms with Crippen molar-refractivity contribution >= 4 is 23.4 Å². The molecule has 2 aromatic rings. The van der Waals surface area contributed by atoms with E-state index in [2.05, 4.69) is 10.3 Å². The molecule has 0 aliphatic rings. The van der Waals surface area contributed by atoms with Crippen LogP contribution < -0.4 is 5.32 Å². The van der Waals surface area contributed by atoms with Gasteiger partial charge >= 0.3 is 0 Å². The fraction of sp³-hybridized carbons (Fsp3) is 0.125. The largest absolute Gasteiger partial charge is 0.326 e.